The van der Waals surface area contributed by atoms with Gasteiger partial charge in [0.2, 0.25) is 0 Å². The fourth-order valence-corrected chi connectivity index (χ4v) is 0.838. The van der Waals surface area contributed by atoms with Gasteiger partial charge in [0.25, 0.3) is 0 Å². The van der Waals surface area contributed by atoms with Crippen molar-refractivity contribution >= 4 is 12.4 Å². The zero-order valence-electron chi connectivity index (χ0n) is 7.51. The molecule has 3 heteroatoms. The lowest BCUT2D eigenvalue weighted by atomic mass is 10.3. The fourth-order valence-electron chi connectivity index (χ4n) is 0.838. The van der Waals surface area contributed by atoms with Gasteiger partial charge in [0.1, 0.15) is 5.69 Å². The van der Waals surface area contributed by atoms with Gasteiger partial charge in [0.15, 0.2) is 0 Å². The van der Waals surface area contributed by atoms with E-state index in [2.05, 4.69) is 21.7 Å². The number of allylic oxidation sites excluding steroid dienone is 3. The topological polar surface area (TPSA) is 38.1 Å². The molecule has 0 aliphatic rings. The molecule has 0 spiro atoms. The molecule has 0 bridgehead atoms. The Balaban J connectivity index is 2.98. The molecule has 1 heterocycles. The number of nitrogens with zero attached hydrogens (tertiary/aromatic N) is 3. The van der Waals surface area contributed by atoms with E-state index < -0.39 is 0 Å². The van der Waals surface area contributed by atoms with Crippen molar-refractivity contribution in [1.29, 1.82) is 0 Å². The Morgan fingerprint density at radius 2 is 2.38 bits per heavy atom. The zero-order chi connectivity index (χ0) is 9.52. The van der Waals surface area contributed by atoms with Gasteiger partial charge in [0, 0.05) is 12.4 Å². The molecule has 1 rings (SSSR count). The normalized spacial score (nSPS) is 11.9. The maximum atomic E-state index is 4.10. The molecule has 3 nitrogen and oxygen atoms in total. The Morgan fingerprint density at radius 1 is 1.54 bits per heavy atom. The van der Waals surface area contributed by atoms with Gasteiger partial charge in [-0.3, -0.25) is 15.0 Å². The van der Waals surface area contributed by atoms with Crippen molar-refractivity contribution < 1.29 is 0 Å². The summed E-state index contributed by atoms with van der Waals surface area (Å²) in [6.45, 7) is 5.41. The Morgan fingerprint density at radius 3 is 2.92 bits per heavy atom. The minimum atomic E-state index is 0.728. The van der Waals surface area contributed by atoms with Gasteiger partial charge >= 0.3 is 0 Å². The van der Waals surface area contributed by atoms with Crippen LogP contribution in [0.25, 0.3) is 5.70 Å². The van der Waals surface area contributed by atoms with E-state index >= 15 is 0 Å². The Bertz CT molecular complexity index is 325. The quantitative estimate of drug-likeness (QED) is 0.518. The number of aliphatic imine (C=N–C) groups is 1. The van der Waals surface area contributed by atoms with E-state index in [1.807, 2.05) is 25.2 Å². The number of aromatic nitrogens is 2. The lowest BCUT2D eigenvalue weighted by Crippen LogP contribution is -1.86. The van der Waals surface area contributed by atoms with Crippen LogP contribution in [-0.2, 0) is 0 Å². The van der Waals surface area contributed by atoms with Crippen LogP contribution in [0.2, 0.25) is 0 Å². The molecule has 0 amide bonds. The molecule has 0 N–H and O–H groups in total. The highest BCUT2D eigenvalue weighted by Crippen LogP contribution is 2.10. The minimum Gasteiger partial charge on any atom is -0.262 e. The van der Waals surface area contributed by atoms with Crippen LogP contribution in [0.5, 0.6) is 0 Å². The van der Waals surface area contributed by atoms with Gasteiger partial charge in [-0.2, -0.15) is 0 Å². The zero-order valence-corrected chi connectivity index (χ0v) is 7.51. The Labute approximate surface area is 77.6 Å². The summed E-state index contributed by atoms with van der Waals surface area (Å²) in [5.41, 5.74) is 1.46. The first kappa shape index (κ1) is 9.32. The molecule has 0 saturated heterocycles. The summed E-state index contributed by atoms with van der Waals surface area (Å²) >= 11 is 0. The summed E-state index contributed by atoms with van der Waals surface area (Å²) in [7, 11) is 0. The predicted molar refractivity (Wildman–Crippen MR) is 54.4 cm³/mol. The van der Waals surface area contributed by atoms with Crippen molar-refractivity contribution in [2.45, 2.75) is 6.92 Å². The van der Waals surface area contributed by atoms with E-state index in [-0.39, 0.29) is 0 Å². The molecule has 0 unspecified atom stereocenters. The maximum absolute atomic E-state index is 4.10. The second-order valence-electron chi connectivity index (χ2n) is 2.33. The summed E-state index contributed by atoms with van der Waals surface area (Å²) in [4.78, 5) is 11.9. The third kappa shape index (κ3) is 2.63. The molecule has 13 heavy (non-hydrogen) atoms. The van der Waals surface area contributed by atoms with Crippen molar-refractivity contribution in [3.8, 4) is 0 Å². The van der Waals surface area contributed by atoms with Crippen LogP contribution in [-0.4, -0.2) is 16.7 Å². The smallest absolute Gasteiger partial charge is 0.107 e. The van der Waals surface area contributed by atoms with Crippen molar-refractivity contribution in [2.75, 3.05) is 0 Å². The van der Waals surface area contributed by atoms with Gasteiger partial charge in [-0.05, 0) is 19.7 Å². The summed E-state index contributed by atoms with van der Waals surface area (Å²) in [5, 5.41) is 0. The number of rotatable bonds is 3. The SMILES string of the molecule is C=NC(=CC=CC)c1cnccn1. The van der Waals surface area contributed by atoms with E-state index in [4.69, 9.17) is 0 Å². The maximum Gasteiger partial charge on any atom is 0.107 e. The van der Waals surface area contributed by atoms with Crippen LogP contribution in [0.1, 0.15) is 12.6 Å². The summed E-state index contributed by atoms with van der Waals surface area (Å²) in [6, 6.07) is 0. The molecule has 66 valence electrons. The van der Waals surface area contributed by atoms with E-state index in [9.17, 15) is 0 Å². The molecule has 0 aliphatic heterocycles. The van der Waals surface area contributed by atoms with Crippen LogP contribution in [0.15, 0.2) is 41.8 Å². The van der Waals surface area contributed by atoms with E-state index in [1.165, 1.54) is 0 Å². The molecule has 0 fully saturated rings. The van der Waals surface area contributed by atoms with Crippen LogP contribution in [0.3, 0.4) is 0 Å². The van der Waals surface area contributed by atoms with Gasteiger partial charge in [-0.1, -0.05) is 12.2 Å². The average molecular weight is 173 g/mol. The molecule has 1 aromatic rings. The third-order valence-electron chi connectivity index (χ3n) is 1.44. The van der Waals surface area contributed by atoms with Crippen LogP contribution in [0.4, 0.5) is 0 Å². The van der Waals surface area contributed by atoms with Crippen molar-refractivity contribution in [1.82, 2.24) is 9.97 Å². The molecule has 0 aromatic carbocycles. The standard InChI is InChI=1S/C10H11N3/c1-3-4-5-9(11-2)10-8-12-6-7-13-10/h3-8H,2H2,1H3. The Hall–Kier alpha value is -1.77. The highest BCUT2D eigenvalue weighted by Gasteiger charge is 1.96. The van der Waals surface area contributed by atoms with Crippen molar-refractivity contribution in [3.63, 3.8) is 0 Å². The predicted octanol–water partition coefficient (Wildman–Crippen LogP) is 2.09. The second-order valence-corrected chi connectivity index (χ2v) is 2.33. The van der Waals surface area contributed by atoms with Gasteiger partial charge < -0.3 is 0 Å². The van der Waals surface area contributed by atoms with Crippen molar-refractivity contribution in [3.05, 3.63) is 42.5 Å². The first-order valence-corrected chi connectivity index (χ1v) is 3.94. The largest absolute Gasteiger partial charge is 0.262 e. The van der Waals surface area contributed by atoms with Gasteiger partial charge in [-0.25, -0.2) is 0 Å². The molecule has 1 aromatic heterocycles. The molecular formula is C10H11N3. The van der Waals surface area contributed by atoms with Crippen LogP contribution >= 0.6 is 0 Å². The third-order valence-corrected chi connectivity index (χ3v) is 1.44. The van der Waals surface area contributed by atoms with E-state index in [1.54, 1.807) is 18.6 Å². The highest BCUT2D eigenvalue weighted by atomic mass is 14.8. The lowest BCUT2D eigenvalue weighted by Gasteiger charge is -1.96. The number of hydrogen-bond donors (Lipinski definition) is 0. The number of hydrogen-bond acceptors (Lipinski definition) is 3. The minimum absolute atomic E-state index is 0.728. The van der Waals surface area contributed by atoms with Crippen LogP contribution < -0.4 is 0 Å². The molecule has 0 atom stereocenters. The lowest BCUT2D eigenvalue weighted by molar-refractivity contribution is 1.16. The molecule has 0 aliphatic carbocycles. The Kier molecular flexibility index (Phi) is 3.57. The van der Waals surface area contributed by atoms with E-state index in [0.717, 1.165) is 11.4 Å². The first-order valence-electron chi connectivity index (χ1n) is 3.94. The summed E-state index contributed by atoms with van der Waals surface area (Å²) in [6.07, 6.45) is 10.6. The van der Waals surface area contributed by atoms with Crippen LogP contribution in [0, 0.1) is 0 Å². The first-order chi connectivity index (χ1) is 6.38. The molecular weight excluding hydrogens is 162 g/mol. The molecule has 0 radical (unpaired) electrons. The summed E-state index contributed by atoms with van der Waals surface area (Å²) < 4.78 is 0. The highest BCUT2D eigenvalue weighted by molar-refractivity contribution is 5.65. The van der Waals surface area contributed by atoms with Gasteiger partial charge in [-0.15, -0.1) is 0 Å². The summed E-state index contributed by atoms with van der Waals surface area (Å²) in [5.74, 6) is 0. The second kappa shape index (κ2) is 4.98. The van der Waals surface area contributed by atoms with Gasteiger partial charge in [0.05, 0.1) is 11.9 Å². The average Bonchev–Trinajstić information content (AvgIpc) is 2.21. The fraction of sp³-hybridized carbons (Fsp3) is 0.100. The van der Waals surface area contributed by atoms with Crippen molar-refractivity contribution in [2.24, 2.45) is 4.99 Å². The molecule has 0 saturated carbocycles. The monoisotopic (exact) mass is 173 g/mol. The van der Waals surface area contributed by atoms with E-state index in [0.29, 0.717) is 0 Å².